The lowest BCUT2D eigenvalue weighted by Crippen LogP contribution is -2.52. The van der Waals surface area contributed by atoms with Gasteiger partial charge in [0.25, 0.3) is 0 Å². The number of para-hydroxylation sites is 1. The van der Waals surface area contributed by atoms with Gasteiger partial charge in [0.15, 0.2) is 0 Å². The molecule has 0 bridgehead atoms. The van der Waals surface area contributed by atoms with Gasteiger partial charge in [-0.1, -0.05) is 30.3 Å². The Labute approximate surface area is 164 Å². The number of phenols is 1. The van der Waals surface area contributed by atoms with Gasteiger partial charge >= 0.3 is 6.03 Å². The Bertz CT molecular complexity index is 945. The van der Waals surface area contributed by atoms with Crippen LogP contribution in [0.15, 0.2) is 48.5 Å². The molecule has 1 aliphatic carbocycles. The zero-order chi connectivity index (χ0) is 19.1. The Morgan fingerprint density at radius 3 is 2.86 bits per heavy atom. The van der Waals surface area contributed by atoms with E-state index < -0.39 is 0 Å². The molecule has 1 fully saturated rings. The molecule has 3 aliphatic rings. The van der Waals surface area contributed by atoms with E-state index in [-0.39, 0.29) is 23.4 Å². The van der Waals surface area contributed by atoms with Crippen molar-refractivity contribution < 1.29 is 14.6 Å². The standard InChI is InChI=1S/C23H24N2O3/c26-18-7-5-16-6-8-20(19(16)15-18)24-22(27)25-13-11-23(12-14-25)10-9-17-3-1-2-4-21(17)28-23/h1-5,7,9-10,15,20,26H,6,8,11-14H2,(H,24,27). The van der Waals surface area contributed by atoms with Gasteiger partial charge in [-0.2, -0.15) is 0 Å². The number of hydrogen-bond donors (Lipinski definition) is 2. The summed E-state index contributed by atoms with van der Waals surface area (Å²) < 4.78 is 6.31. The van der Waals surface area contributed by atoms with Gasteiger partial charge in [-0.15, -0.1) is 0 Å². The van der Waals surface area contributed by atoms with Crippen LogP contribution in [0.25, 0.3) is 6.08 Å². The lowest BCUT2D eigenvalue weighted by molar-refractivity contribution is 0.0493. The molecular weight excluding hydrogens is 352 g/mol. The minimum Gasteiger partial charge on any atom is -0.508 e. The first-order chi connectivity index (χ1) is 13.6. The summed E-state index contributed by atoms with van der Waals surface area (Å²) in [5.41, 5.74) is 3.05. The first-order valence-electron chi connectivity index (χ1n) is 9.96. The molecule has 2 aromatic rings. The lowest BCUT2D eigenvalue weighted by atomic mass is 9.88. The molecule has 1 unspecified atom stereocenters. The van der Waals surface area contributed by atoms with Gasteiger partial charge in [-0.05, 0) is 48.2 Å². The number of hydrogen-bond acceptors (Lipinski definition) is 3. The van der Waals surface area contributed by atoms with Crippen LogP contribution >= 0.6 is 0 Å². The topological polar surface area (TPSA) is 61.8 Å². The molecule has 1 spiro atoms. The number of nitrogens with one attached hydrogen (secondary N) is 1. The summed E-state index contributed by atoms with van der Waals surface area (Å²) in [4.78, 5) is 14.7. The maximum atomic E-state index is 12.8. The Morgan fingerprint density at radius 2 is 2.00 bits per heavy atom. The highest BCUT2D eigenvalue weighted by Gasteiger charge is 2.38. The number of urea groups is 1. The fraction of sp³-hybridized carbons (Fsp3) is 0.348. The number of nitrogens with zero attached hydrogens (tertiary/aromatic N) is 1. The van der Waals surface area contributed by atoms with E-state index in [1.807, 2.05) is 29.2 Å². The Kier molecular flexibility index (Phi) is 4.04. The number of amides is 2. The first kappa shape index (κ1) is 17.2. The summed E-state index contributed by atoms with van der Waals surface area (Å²) in [6.07, 6.45) is 7.67. The van der Waals surface area contributed by atoms with Crippen molar-refractivity contribution in [3.63, 3.8) is 0 Å². The predicted octanol–water partition coefficient (Wildman–Crippen LogP) is 4.03. The number of aryl methyl sites for hydroxylation is 1. The average molecular weight is 376 g/mol. The van der Waals surface area contributed by atoms with Crippen molar-refractivity contribution in [3.05, 3.63) is 65.2 Å². The van der Waals surface area contributed by atoms with Gasteiger partial charge in [0.05, 0.1) is 6.04 Å². The molecule has 2 aromatic carbocycles. The Morgan fingerprint density at radius 1 is 1.18 bits per heavy atom. The van der Waals surface area contributed by atoms with Crippen LogP contribution in [0.5, 0.6) is 11.5 Å². The summed E-state index contributed by atoms with van der Waals surface area (Å²) in [7, 11) is 0. The van der Waals surface area contributed by atoms with E-state index >= 15 is 0 Å². The summed E-state index contributed by atoms with van der Waals surface area (Å²) in [6.45, 7) is 1.33. The number of carbonyl (C=O) groups excluding carboxylic acids is 1. The summed E-state index contributed by atoms with van der Waals surface area (Å²) in [6, 6.07) is 13.4. The molecule has 144 valence electrons. The van der Waals surface area contributed by atoms with Gasteiger partial charge in [0.2, 0.25) is 0 Å². The van der Waals surface area contributed by atoms with Gasteiger partial charge in [0, 0.05) is 31.5 Å². The molecule has 28 heavy (non-hydrogen) atoms. The number of carbonyl (C=O) groups is 1. The van der Waals surface area contributed by atoms with E-state index in [1.54, 1.807) is 12.1 Å². The number of likely N-dealkylation sites (tertiary alicyclic amines) is 1. The van der Waals surface area contributed by atoms with Crippen molar-refractivity contribution in [3.8, 4) is 11.5 Å². The minimum atomic E-state index is -0.309. The molecule has 5 rings (SSSR count). The molecule has 2 amide bonds. The molecule has 0 radical (unpaired) electrons. The van der Waals surface area contributed by atoms with Crippen LogP contribution in [0.1, 0.15) is 42.0 Å². The van der Waals surface area contributed by atoms with Crippen molar-refractivity contribution in [2.75, 3.05) is 13.1 Å². The largest absolute Gasteiger partial charge is 0.508 e. The van der Waals surface area contributed by atoms with E-state index in [0.717, 1.165) is 42.6 Å². The third kappa shape index (κ3) is 3.01. The summed E-state index contributed by atoms with van der Waals surface area (Å²) in [5.74, 6) is 1.17. The second-order valence-corrected chi connectivity index (χ2v) is 7.95. The van der Waals surface area contributed by atoms with E-state index in [1.165, 1.54) is 5.56 Å². The molecule has 2 heterocycles. The summed E-state index contributed by atoms with van der Waals surface area (Å²) >= 11 is 0. The molecular formula is C23H24N2O3. The van der Waals surface area contributed by atoms with Crippen LogP contribution in [0.3, 0.4) is 0 Å². The Hall–Kier alpha value is -2.95. The van der Waals surface area contributed by atoms with Crippen molar-refractivity contribution in [1.29, 1.82) is 0 Å². The number of phenolic OH excluding ortho intramolecular Hbond substituents is 1. The highest BCUT2D eigenvalue weighted by molar-refractivity contribution is 5.75. The van der Waals surface area contributed by atoms with Crippen LogP contribution in [0.4, 0.5) is 4.79 Å². The number of piperidine rings is 1. The van der Waals surface area contributed by atoms with E-state index in [2.05, 4.69) is 23.5 Å². The number of fused-ring (bicyclic) bond motifs is 2. The quantitative estimate of drug-likeness (QED) is 0.790. The molecule has 2 N–H and O–H groups in total. The van der Waals surface area contributed by atoms with Crippen molar-refractivity contribution in [1.82, 2.24) is 10.2 Å². The highest BCUT2D eigenvalue weighted by Crippen LogP contribution is 2.37. The van der Waals surface area contributed by atoms with Gasteiger partial charge < -0.3 is 20.1 Å². The van der Waals surface area contributed by atoms with Crippen LogP contribution in [0.2, 0.25) is 0 Å². The second-order valence-electron chi connectivity index (χ2n) is 7.95. The fourth-order valence-corrected chi connectivity index (χ4v) is 4.54. The smallest absolute Gasteiger partial charge is 0.317 e. The number of benzene rings is 2. The number of rotatable bonds is 1. The number of aromatic hydroxyl groups is 1. The Balaban J connectivity index is 1.23. The number of ether oxygens (including phenoxy) is 1. The second kappa shape index (κ2) is 6.59. The molecule has 5 heteroatoms. The monoisotopic (exact) mass is 376 g/mol. The van der Waals surface area contributed by atoms with E-state index in [4.69, 9.17) is 4.74 Å². The molecule has 0 saturated carbocycles. The lowest BCUT2D eigenvalue weighted by Gasteiger charge is -2.42. The van der Waals surface area contributed by atoms with Crippen molar-refractivity contribution in [2.45, 2.75) is 37.3 Å². The molecule has 2 aliphatic heterocycles. The zero-order valence-corrected chi connectivity index (χ0v) is 15.7. The van der Waals surface area contributed by atoms with Gasteiger partial charge in [-0.3, -0.25) is 0 Å². The zero-order valence-electron chi connectivity index (χ0n) is 15.7. The van der Waals surface area contributed by atoms with Gasteiger partial charge in [-0.25, -0.2) is 4.79 Å². The van der Waals surface area contributed by atoms with Crippen LogP contribution in [-0.2, 0) is 6.42 Å². The van der Waals surface area contributed by atoms with Crippen LogP contribution in [-0.4, -0.2) is 34.7 Å². The van der Waals surface area contributed by atoms with Crippen molar-refractivity contribution >= 4 is 12.1 Å². The summed E-state index contributed by atoms with van der Waals surface area (Å²) in [5, 5.41) is 12.9. The molecule has 1 saturated heterocycles. The van der Waals surface area contributed by atoms with Gasteiger partial charge in [0.1, 0.15) is 17.1 Å². The highest BCUT2D eigenvalue weighted by atomic mass is 16.5. The van der Waals surface area contributed by atoms with Crippen LogP contribution < -0.4 is 10.1 Å². The SMILES string of the molecule is O=C(NC1CCc2ccc(O)cc21)N1CCC2(C=Cc3ccccc3O2)CC1. The van der Waals surface area contributed by atoms with E-state index in [0.29, 0.717) is 13.1 Å². The minimum absolute atomic E-state index is 0.0248. The maximum absolute atomic E-state index is 12.8. The van der Waals surface area contributed by atoms with Crippen LogP contribution in [0, 0.1) is 0 Å². The van der Waals surface area contributed by atoms with Crippen molar-refractivity contribution in [2.24, 2.45) is 0 Å². The third-order valence-corrected chi connectivity index (χ3v) is 6.20. The maximum Gasteiger partial charge on any atom is 0.317 e. The van der Waals surface area contributed by atoms with E-state index in [9.17, 15) is 9.90 Å². The first-order valence-corrected chi connectivity index (χ1v) is 9.96. The molecule has 0 aromatic heterocycles. The normalized spacial score (nSPS) is 21.7. The average Bonchev–Trinajstić information content (AvgIpc) is 3.10. The molecule has 5 nitrogen and oxygen atoms in total. The predicted molar refractivity (Wildman–Crippen MR) is 107 cm³/mol. The molecule has 1 atom stereocenters. The fourth-order valence-electron chi connectivity index (χ4n) is 4.54. The third-order valence-electron chi connectivity index (χ3n) is 6.20.